The van der Waals surface area contributed by atoms with Crippen molar-refractivity contribution in [3.63, 3.8) is 0 Å². The van der Waals surface area contributed by atoms with Gasteiger partial charge < -0.3 is 10.6 Å². The van der Waals surface area contributed by atoms with Gasteiger partial charge in [-0.3, -0.25) is 14.5 Å². The summed E-state index contributed by atoms with van der Waals surface area (Å²) in [5, 5.41) is 5.92. The van der Waals surface area contributed by atoms with E-state index in [0.29, 0.717) is 16.3 Å². The lowest BCUT2D eigenvalue weighted by molar-refractivity contribution is -0.133. The number of urea groups is 1. The average Bonchev–Trinajstić information content (AvgIpc) is 2.89. The van der Waals surface area contributed by atoms with Gasteiger partial charge in [-0.2, -0.15) is 0 Å². The molecule has 0 radical (unpaired) electrons. The van der Waals surface area contributed by atoms with Crippen LogP contribution in [0.2, 0.25) is 5.02 Å². The Bertz CT molecular complexity index is 958. The van der Waals surface area contributed by atoms with Crippen molar-refractivity contribution in [2.45, 2.75) is 39.2 Å². The number of aryl methyl sites for hydroxylation is 2. The molecule has 2 aromatic carbocycles. The molecule has 1 heterocycles. The molecule has 0 aromatic heterocycles. The number of hydrogen-bond donors (Lipinski definition) is 2. The third kappa shape index (κ3) is 4.27. The quantitative estimate of drug-likeness (QED) is 0.702. The lowest BCUT2D eigenvalue weighted by Crippen LogP contribution is -2.42. The van der Waals surface area contributed by atoms with Gasteiger partial charge in [0.05, 0.1) is 0 Å². The Morgan fingerprint density at radius 3 is 2.52 bits per heavy atom. The zero-order valence-electron chi connectivity index (χ0n) is 16.7. The lowest BCUT2D eigenvalue weighted by Gasteiger charge is -2.22. The monoisotopic (exact) mass is 413 g/mol. The molecule has 0 saturated carbocycles. The minimum atomic E-state index is -1.20. The van der Waals surface area contributed by atoms with Crippen LogP contribution < -0.4 is 10.6 Å². The van der Waals surface area contributed by atoms with Gasteiger partial charge in [0.25, 0.3) is 5.91 Å². The molecule has 0 aliphatic carbocycles. The number of nitrogens with zero attached hydrogens (tertiary/aromatic N) is 1. The molecular formula is C22H24ClN3O3. The molecular weight excluding hydrogens is 390 g/mol. The molecule has 0 unspecified atom stereocenters. The third-order valence-corrected chi connectivity index (χ3v) is 5.36. The number of carbonyl (C=O) groups is 3. The Hall–Kier alpha value is -2.86. The van der Waals surface area contributed by atoms with E-state index in [-0.39, 0.29) is 6.54 Å². The first kappa shape index (κ1) is 20.9. The number of halogens is 1. The topological polar surface area (TPSA) is 78.5 Å². The molecule has 152 valence electrons. The highest BCUT2D eigenvalue weighted by molar-refractivity contribution is 6.31. The van der Waals surface area contributed by atoms with Crippen molar-refractivity contribution < 1.29 is 14.4 Å². The fraction of sp³-hybridized carbons (Fsp3) is 0.318. The summed E-state index contributed by atoms with van der Waals surface area (Å²) in [6.45, 7) is 5.21. The van der Waals surface area contributed by atoms with Crippen LogP contribution in [0.4, 0.5) is 10.5 Å². The first-order chi connectivity index (χ1) is 13.7. The number of rotatable bonds is 6. The molecule has 1 aliphatic rings. The van der Waals surface area contributed by atoms with E-state index >= 15 is 0 Å². The predicted octanol–water partition coefficient (Wildman–Crippen LogP) is 4.01. The summed E-state index contributed by atoms with van der Waals surface area (Å²) in [4.78, 5) is 38.8. The Kier molecular flexibility index (Phi) is 5.94. The number of benzene rings is 2. The van der Waals surface area contributed by atoms with Crippen LogP contribution in [0.15, 0.2) is 42.5 Å². The number of nitrogens with one attached hydrogen (secondary N) is 2. The molecule has 2 aromatic rings. The molecule has 6 nitrogen and oxygen atoms in total. The molecule has 0 spiro atoms. The van der Waals surface area contributed by atoms with Crippen LogP contribution in [-0.2, 0) is 21.5 Å². The van der Waals surface area contributed by atoms with Gasteiger partial charge in [-0.15, -0.1) is 0 Å². The standard InChI is InChI=1S/C22H24ClN3O3/c1-4-5-15-7-9-16(10-8-15)22(3)20(28)26(21(29)25-22)13-19(27)24-18-12-17(23)11-6-14(18)2/h6-12H,4-5,13H2,1-3H3,(H,24,27)(H,25,29)/t22-/m1/s1. The van der Waals surface area contributed by atoms with E-state index in [1.807, 2.05) is 31.2 Å². The van der Waals surface area contributed by atoms with E-state index in [1.165, 1.54) is 5.56 Å². The summed E-state index contributed by atoms with van der Waals surface area (Å²) >= 11 is 5.97. The molecule has 7 heteroatoms. The van der Waals surface area contributed by atoms with Gasteiger partial charge in [0.15, 0.2) is 0 Å². The van der Waals surface area contributed by atoms with Gasteiger partial charge in [-0.1, -0.05) is 55.3 Å². The highest BCUT2D eigenvalue weighted by Crippen LogP contribution is 2.29. The Balaban J connectivity index is 1.74. The van der Waals surface area contributed by atoms with Gasteiger partial charge >= 0.3 is 6.03 Å². The second-order valence-corrected chi connectivity index (χ2v) is 7.84. The first-order valence-electron chi connectivity index (χ1n) is 9.54. The second-order valence-electron chi connectivity index (χ2n) is 7.40. The average molecular weight is 414 g/mol. The molecule has 4 amide bonds. The van der Waals surface area contributed by atoms with Crippen LogP contribution in [0, 0.1) is 6.92 Å². The molecule has 1 saturated heterocycles. The van der Waals surface area contributed by atoms with E-state index in [9.17, 15) is 14.4 Å². The zero-order chi connectivity index (χ0) is 21.2. The van der Waals surface area contributed by atoms with Gasteiger partial charge in [-0.05, 0) is 49.1 Å². The predicted molar refractivity (Wildman–Crippen MR) is 113 cm³/mol. The summed E-state index contributed by atoms with van der Waals surface area (Å²) in [5.41, 5.74) is 2.03. The number of carbonyl (C=O) groups excluding carboxylic acids is 3. The van der Waals surface area contributed by atoms with Gasteiger partial charge in [0.2, 0.25) is 5.91 Å². The van der Waals surface area contributed by atoms with Gasteiger partial charge in [0, 0.05) is 10.7 Å². The van der Waals surface area contributed by atoms with Crippen molar-refractivity contribution in [1.82, 2.24) is 10.2 Å². The molecule has 3 rings (SSSR count). The minimum absolute atomic E-state index is 0.375. The van der Waals surface area contributed by atoms with Crippen LogP contribution in [0.1, 0.15) is 37.0 Å². The summed E-state index contributed by atoms with van der Waals surface area (Å²) in [5.74, 6) is -0.926. The second kappa shape index (κ2) is 8.25. The van der Waals surface area contributed by atoms with Crippen molar-refractivity contribution in [3.05, 3.63) is 64.2 Å². The molecule has 2 N–H and O–H groups in total. The zero-order valence-corrected chi connectivity index (χ0v) is 17.5. The van der Waals surface area contributed by atoms with Crippen molar-refractivity contribution in [3.8, 4) is 0 Å². The van der Waals surface area contributed by atoms with Crippen molar-refractivity contribution >= 4 is 35.1 Å². The van der Waals surface area contributed by atoms with E-state index in [4.69, 9.17) is 11.6 Å². The molecule has 1 atom stereocenters. The largest absolute Gasteiger partial charge is 0.325 e. The Morgan fingerprint density at radius 2 is 1.86 bits per heavy atom. The van der Waals surface area contributed by atoms with E-state index in [2.05, 4.69) is 17.6 Å². The fourth-order valence-electron chi connectivity index (χ4n) is 3.39. The van der Waals surface area contributed by atoms with Gasteiger partial charge in [-0.25, -0.2) is 4.79 Å². The van der Waals surface area contributed by atoms with E-state index in [0.717, 1.165) is 23.3 Å². The first-order valence-corrected chi connectivity index (χ1v) is 9.92. The fourth-order valence-corrected chi connectivity index (χ4v) is 3.56. The highest BCUT2D eigenvalue weighted by atomic mass is 35.5. The van der Waals surface area contributed by atoms with Crippen molar-refractivity contribution in [2.75, 3.05) is 11.9 Å². The summed E-state index contributed by atoms with van der Waals surface area (Å²) in [7, 11) is 0. The normalized spacial score (nSPS) is 18.7. The van der Waals surface area contributed by atoms with Gasteiger partial charge in [0.1, 0.15) is 12.1 Å². The molecule has 1 fully saturated rings. The maximum absolute atomic E-state index is 13.0. The van der Waals surface area contributed by atoms with Crippen LogP contribution in [0.25, 0.3) is 0 Å². The van der Waals surface area contributed by atoms with E-state index < -0.39 is 23.4 Å². The number of anilines is 1. The minimum Gasteiger partial charge on any atom is -0.324 e. The number of amides is 4. The number of hydrogen-bond acceptors (Lipinski definition) is 3. The van der Waals surface area contributed by atoms with Crippen LogP contribution in [0.5, 0.6) is 0 Å². The van der Waals surface area contributed by atoms with E-state index in [1.54, 1.807) is 25.1 Å². The molecule has 29 heavy (non-hydrogen) atoms. The molecule has 0 bridgehead atoms. The van der Waals surface area contributed by atoms with Crippen LogP contribution >= 0.6 is 11.6 Å². The number of imide groups is 1. The SMILES string of the molecule is CCCc1ccc([C@@]2(C)NC(=O)N(CC(=O)Nc3cc(Cl)ccc3C)C2=O)cc1. The Morgan fingerprint density at radius 1 is 1.17 bits per heavy atom. The van der Waals surface area contributed by atoms with Crippen molar-refractivity contribution in [2.24, 2.45) is 0 Å². The maximum atomic E-state index is 13.0. The van der Waals surface area contributed by atoms with Crippen LogP contribution in [-0.4, -0.2) is 29.3 Å². The summed E-state index contributed by atoms with van der Waals surface area (Å²) in [6.07, 6.45) is 1.98. The molecule has 1 aliphatic heterocycles. The maximum Gasteiger partial charge on any atom is 0.325 e. The summed E-state index contributed by atoms with van der Waals surface area (Å²) in [6, 6.07) is 12.2. The lowest BCUT2D eigenvalue weighted by atomic mass is 9.91. The highest BCUT2D eigenvalue weighted by Gasteiger charge is 2.49. The summed E-state index contributed by atoms with van der Waals surface area (Å²) < 4.78 is 0. The Labute approximate surface area is 175 Å². The third-order valence-electron chi connectivity index (χ3n) is 5.12. The van der Waals surface area contributed by atoms with Crippen LogP contribution in [0.3, 0.4) is 0 Å². The van der Waals surface area contributed by atoms with Crippen molar-refractivity contribution in [1.29, 1.82) is 0 Å². The smallest absolute Gasteiger partial charge is 0.324 e.